The molecule has 144 valence electrons. The Bertz CT molecular complexity index is 847. The summed E-state index contributed by atoms with van der Waals surface area (Å²) in [6, 6.07) is 5.78. The smallest absolute Gasteiger partial charge is 0.224 e. The van der Waals surface area contributed by atoms with E-state index in [9.17, 15) is 4.79 Å². The molecular weight excluding hydrogens is 362 g/mol. The number of carbonyl (C=O) groups excluding carboxylic acids is 1. The zero-order valence-electron chi connectivity index (χ0n) is 15.9. The lowest BCUT2D eigenvalue weighted by atomic mass is 10.0. The normalized spacial score (nSPS) is 13.7. The summed E-state index contributed by atoms with van der Waals surface area (Å²) in [5, 5.41) is 10.5. The number of nitrogens with one attached hydrogen (secondary N) is 3. The van der Waals surface area contributed by atoms with Gasteiger partial charge in [0.25, 0.3) is 0 Å². The summed E-state index contributed by atoms with van der Waals surface area (Å²) < 4.78 is 5.81. The second kappa shape index (κ2) is 8.85. The third-order valence-electron chi connectivity index (χ3n) is 4.28. The fourth-order valence-corrected chi connectivity index (χ4v) is 3.79. The van der Waals surface area contributed by atoms with Gasteiger partial charge in [0.2, 0.25) is 5.91 Å². The minimum atomic E-state index is 0.0722. The number of guanidine groups is 1. The Balaban J connectivity index is 1.42. The highest BCUT2D eigenvalue weighted by Crippen LogP contribution is 2.26. The van der Waals surface area contributed by atoms with Crippen LogP contribution in [-0.2, 0) is 17.8 Å². The molecule has 0 saturated heterocycles. The average molecular weight is 388 g/mol. The van der Waals surface area contributed by atoms with E-state index >= 15 is 0 Å². The van der Waals surface area contributed by atoms with Gasteiger partial charge in [-0.2, -0.15) is 0 Å². The van der Waals surface area contributed by atoms with Crippen LogP contribution < -0.4 is 20.7 Å². The molecule has 3 N–H and O–H groups in total. The van der Waals surface area contributed by atoms with Crippen LogP contribution in [0.4, 0.5) is 5.69 Å². The molecule has 7 nitrogen and oxygen atoms in total. The molecule has 1 aromatic heterocycles. The first-order chi connectivity index (χ1) is 13.0. The van der Waals surface area contributed by atoms with Gasteiger partial charge in [0.1, 0.15) is 12.4 Å². The zero-order valence-corrected chi connectivity index (χ0v) is 16.7. The zero-order chi connectivity index (χ0) is 19.2. The molecule has 1 aliphatic heterocycles. The van der Waals surface area contributed by atoms with Crippen LogP contribution in [0.3, 0.4) is 0 Å². The number of rotatable bonds is 6. The lowest BCUT2D eigenvalue weighted by Crippen LogP contribution is -2.38. The number of hydrogen-bond donors (Lipinski definition) is 3. The number of anilines is 1. The molecule has 0 spiro atoms. The standard InChI is InChI=1S/C19H25N5O2S/c1-12-17(27-13(2)23-12)11-22-19(20-3)21-8-9-26-15-5-6-16-14(10-15)4-7-18(25)24-16/h5-6,10H,4,7-9,11H2,1-3H3,(H,24,25)(H2,20,21,22). The number of ether oxygens (including phenoxy) is 1. The number of aryl methyl sites for hydroxylation is 3. The van der Waals surface area contributed by atoms with Gasteiger partial charge in [-0.05, 0) is 44.0 Å². The van der Waals surface area contributed by atoms with E-state index in [1.807, 2.05) is 32.0 Å². The van der Waals surface area contributed by atoms with Crippen molar-refractivity contribution in [2.24, 2.45) is 4.99 Å². The molecule has 1 aromatic carbocycles. The first kappa shape index (κ1) is 19.2. The first-order valence-electron chi connectivity index (χ1n) is 8.98. The van der Waals surface area contributed by atoms with E-state index < -0.39 is 0 Å². The number of amides is 1. The average Bonchev–Trinajstić information content (AvgIpc) is 2.98. The van der Waals surface area contributed by atoms with E-state index in [1.54, 1.807) is 18.4 Å². The largest absolute Gasteiger partial charge is 0.492 e. The highest BCUT2D eigenvalue weighted by Gasteiger charge is 2.15. The molecule has 0 radical (unpaired) electrons. The van der Waals surface area contributed by atoms with Gasteiger partial charge >= 0.3 is 0 Å². The molecule has 0 bridgehead atoms. The quantitative estimate of drug-likeness (QED) is 0.402. The number of fused-ring (bicyclic) bond motifs is 1. The Hall–Kier alpha value is -2.61. The van der Waals surface area contributed by atoms with E-state index in [-0.39, 0.29) is 5.91 Å². The predicted molar refractivity (Wildman–Crippen MR) is 109 cm³/mol. The van der Waals surface area contributed by atoms with Gasteiger partial charge < -0.3 is 20.7 Å². The van der Waals surface area contributed by atoms with Crippen molar-refractivity contribution >= 4 is 28.9 Å². The third kappa shape index (κ3) is 5.19. The first-order valence-corrected chi connectivity index (χ1v) is 9.80. The topological polar surface area (TPSA) is 87.6 Å². The number of aliphatic imine (C=N–C) groups is 1. The van der Waals surface area contributed by atoms with E-state index in [2.05, 4.69) is 25.9 Å². The van der Waals surface area contributed by atoms with Crippen molar-refractivity contribution in [2.45, 2.75) is 33.2 Å². The van der Waals surface area contributed by atoms with Gasteiger partial charge in [-0.15, -0.1) is 11.3 Å². The molecule has 8 heteroatoms. The van der Waals surface area contributed by atoms with Crippen molar-refractivity contribution in [1.82, 2.24) is 15.6 Å². The van der Waals surface area contributed by atoms with Gasteiger partial charge in [0.05, 0.1) is 23.8 Å². The number of carbonyl (C=O) groups is 1. The van der Waals surface area contributed by atoms with Crippen LogP contribution in [0, 0.1) is 13.8 Å². The monoisotopic (exact) mass is 387 g/mol. The molecule has 0 fully saturated rings. The molecular formula is C19H25N5O2S. The maximum atomic E-state index is 11.4. The van der Waals surface area contributed by atoms with Gasteiger partial charge in [0, 0.05) is 24.0 Å². The fraction of sp³-hybridized carbons (Fsp3) is 0.421. The second-order valence-corrected chi connectivity index (χ2v) is 7.60. The van der Waals surface area contributed by atoms with Crippen molar-refractivity contribution in [3.63, 3.8) is 0 Å². The summed E-state index contributed by atoms with van der Waals surface area (Å²) in [4.78, 5) is 21.3. The highest BCUT2D eigenvalue weighted by molar-refractivity contribution is 7.11. The predicted octanol–water partition coefficient (Wildman–Crippen LogP) is 2.39. The van der Waals surface area contributed by atoms with Crippen molar-refractivity contribution in [2.75, 3.05) is 25.5 Å². The number of nitrogens with zero attached hydrogens (tertiary/aromatic N) is 2. The summed E-state index contributed by atoms with van der Waals surface area (Å²) in [7, 11) is 1.75. The van der Waals surface area contributed by atoms with Crippen molar-refractivity contribution in [1.29, 1.82) is 0 Å². The molecule has 2 aromatic rings. The van der Waals surface area contributed by atoms with Crippen molar-refractivity contribution in [3.8, 4) is 5.75 Å². The summed E-state index contributed by atoms with van der Waals surface area (Å²) >= 11 is 1.70. The fourth-order valence-electron chi connectivity index (χ4n) is 2.91. The van der Waals surface area contributed by atoms with Crippen LogP contribution in [0.1, 0.15) is 27.6 Å². The number of benzene rings is 1. The molecule has 2 heterocycles. The summed E-state index contributed by atoms with van der Waals surface area (Å²) in [6.45, 7) is 5.89. The lowest BCUT2D eigenvalue weighted by Gasteiger charge is -2.18. The minimum Gasteiger partial charge on any atom is -0.492 e. The maximum Gasteiger partial charge on any atom is 0.224 e. The number of aromatic nitrogens is 1. The van der Waals surface area contributed by atoms with Gasteiger partial charge in [0.15, 0.2) is 5.96 Å². The van der Waals surface area contributed by atoms with E-state index in [0.29, 0.717) is 26.1 Å². The van der Waals surface area contributed by atoms with Crippen LogP contribution in [0.2, 0.25) is 0 Å². The molecule has 0 atom stereocenters. The lowest BCUT2D eigenvalue weighted by molar-refractivity contribution is -0.116. The van der Waals surface area contributed by atoms with Gasteiger partial charge in [-0.1, -0.05) is 0 Å². The molecule has 0 aliphatic carbocycles. The maximum absolute atomic E-state index is 11.4. The Labute approximate surface area is 163 Å². The van der Waals surface area contributed by atoms with Gasteiger partial charge in [-0.3, -0.25) is 9.79 Å². The number of thiazole rings is 1. The van der Waals surface area contributed by atoms with Crippen LogP contribution in [0.5, 0.6) is 5.75 Å². The molecule has 1 amide bonds. The van der Waals surface area contributed by atoms with E-state index in [0.717, 1.165) is 40.1 Å². The molecule has 0 unspecified atom stereocenters. The van der Waals surface area contributed by atoms with Crippen LogP contribution in [0.15, 0.2) is 23.2 Å². The second-order valence-electron chi connectivity index (χ2n) is 6.31. The Morgan fingerprint density at radius 2 is 2.19 bits per heavy atom. The summed E-state index contributed by atoms with van der Waals surface area (Å²) in [5.74, 6) is 1.62. The van der Waals surface area contributed by atoms with Crippen LogP contribution >= 0.6 is 11.3 Å². The summed E-state index contributed by atoms with van der Waals surface area (Å²) in [6.07, 6.45) is 1.28. The van der Waals surface area contributed by atoms with E-state index in [1.165, 1.54) is 4.88 Å². The third-order valence-corrected chi connectivity index (χ3v) is 5.35. The van der Waals surface area contributed by atoms with E-state index in [4.69, 9.17) is 4.74 Å². The summed E-state index contributed by atoms with van der Waals surface area (Å²) in [5.41, 5.74) is 3.06. The van der Waals surface area contributed by atoms with Gasteiger partial charge in [-0.25, -0.2) is 4.98 Å². The van der Waals surface area contributed by atoms with Crippen molar-refractivity contribution < 1.29 is 9.53 Å². The SMILES string of the molecule is CN=C(NCCOc1ccc2c(c1)CCC(=O)N2)NCc1sc(C)nc1C. The molecule has 27 heavy (non-hydrogen) atoms. The Morgan fingerprint density at radius 3 is 2.93 bits per heavy atom. The van der Waals surface area contributed by atoms with Crippen molar-refractivity contribution in [3.05, 3.63) is 39.3 Å². The van der Waals surface area contributed by atoms with Crippen LogP contribution in [-0.4, -0.2) is 37.1 Å². The highest BCUT2D eigenvalue weighted by atomic mass is 32.1. The molecule has 0 saturated carbocycles. The Morgan fingerprint density at radius 1 is 1.33 bits per heavy atom. The van der Waals surface area contributed by atoms with Crippen LogP contribution in [0.25, 0.3) is 0 Å². The molecule has 3 rings (SSSR count). The Kier molecular flexibility index (Phi) is 6.28. The number of hydrogen-bond acceptors (Lipinski definition) is 5. The minimum absolute atomic E-state index is 0.0722. The molecule has 1 aliphatic rings.